The first kappa shape index (κ1) is 10.2. The van der Waals surface area contributed by atoms with E-state index in [1.807, 2.05) is 25.2 Å². The average molecular weight is 230 g/mol. The molecule has 0 bridgehead atoms. The number of aromatic nitrogens is 1. The highest BCUT2D eigenvalue weighted by Gasteiger charge is 2.31. The third-order valence-corrected chi connectivity index (χ3v) is 3.70. The number of aliphatic carboxylic acids is 1. The summed E-state index contributed by atoms with van der Waals surface area (Å²) in [7, 11) is 1.99. The molecule has 1 heterocycles. The van der Waals surface area contributed by atoms with Crippen molar-refractivity contribution in [3.63, 3.8) is 0 Å². The molecule has 4 nitrogen and oxygen atoms in total. The number of carbonyl (C=O) groups is 1. The molecule has 3 rings (SSSR count). The smallest absolute Gasteiger partial charge is 0.307 e. The Morgan fingerprint density at radius 2 is 2.24 bits per heavy atom. The molecule has 88 valence electrons. The van der Waals surface area contributed by atoms with Crippen LogP contribution in [0.25, 0.3) is 10.9 Å². The molecule has 4 heteroatoms. The summed E-state index contributed by atoms with van der Waals surface area (Å²) in [6.07, 6.45) is 1.24. The molecule has 1 atom stereocenters. The van der Waals surface area contributed by atoms with Crippen LogP contribution in [0.2, 0.25) is 0 Å². The maximum atomic E-state index is 11.0. The zero-order valence-corrected chi connectivity index (χ0v) is 9.60. The molecule has 3 N–H and O–H groups in total. The SMILES string of the molecule is Cn1c2c(c3cc(N)ccc31)CC(C(=O)O)C2. The summed E-state index contributed by atoms with van der Waals surface area (Å²) in [6, 6.07) is 5.82. The van der Waals surface area contributed by atoms with Gasteiger partial charge in [0.25, 0.3) is 0 Å². The van der Waals surface area contributed by atoms with Gasteiger partial charge in [0.15, 0.2) is 0 Å². The van der Waals surface area contributed by atoms with E-state index in [0.717, 1.165) is 27.8 Å². The number of nitrogens with zero attached hydrogens (tertiary/aromatic N) is 1. The van der Waals surface area contributed by atoms with Crippen molar-refractivity contribution in [3.8, 4) is 0 Å². The van der Waals surface area contributed by atoms with Gasteiger partial charge in [-0.3, -0.25) is 4.79 Å². The molecule has 0 aliphatic heterocycles. The number of nitrogens with two attached hydrogens (primary N) is 1. The van der Waals surface area contributed by atoms with Gasteiger partial charge in [0.2, 0.25) is 0 Å². The Hall–Kier alpha value is -1.97. The highest BCUT2D eigenvalue weighted by atomic mass is 16.4. The Labute approximate surface area is 98.6 Å². The highest BCUT2D eigenvalue weighted by molar-refractivity contribution is 5.90. The first-order valence-electron chi connectivity index (χ1n) is 5.66. The number of nitrogen functional groups attached to an aromatic ring is 1. The fraction of sp³-hybridized carbons (Fsp3) is 0.308. The summed E-state index contributed by atoms with van der Waals surface area (Å²) in [4.78, 5) is 11.0. The Kier molecular flexibility index (Phi) is 1.96. The van der Waals surface area contributed by atoms with Crippen LogP contribution in [0, 0.1) is 5.92 Å². The number of hydrogen-bond donors (Lipinski definition) is 2. The van der Waals surface area contributed by atoms with E-state index >= 15 is 0 Å². The second-order valence-electron chi connectivity index (χ2n) is 4.70. The summed E-state index contributed by atoms with van der Waals surface area (Å²) in [5, 5.41) is 10.2. The van der Waals surface area contributed by atoms with Crippen molar-refractivity contribution in [3.05, 3.63) is 29.5 Å². The third-order valence-electron chi connectivity index (χ3n) is 3.70. The van der Waals surface area contributed by atoms with Crippen LogP contribution in [0.5, 0.6) is 0 Å². The fourth-order valence-corrected chi connectivity index (χ4v) is 2.81. The van der Waals surface area contributed by atoms with E-state index in [0.29, 0.717) is 12.8 Å². The van der Waals surface area contributed by atoms with E-state index in [9.17, 15) is 4.79 Å². The first-order valence-corrected chi connectivity index (χ1v) is 5.66. The maximum Gasteiger partial charge on any atom is 0.307 e. The normalized spacial score (nSPS) is 18.5. The molecule has 0 saturated heterocycles. The van der Waals surface area contributed by atoms with Crippen molar-refractivity contribution in [2.24, 2.45) is 13.0 Å². The van der Waals surface area contributed by atoms with Crippen molar-refractivity contribution in [1.29, 1.82) is 0 Å². The van der Waals surface area contributed by atoms with Gasteiger partial charge in [0, 0.05) is 35.8 Å². The lowest BCUT2D eigenvalue weighted by Gasteiger charge is -2.05. The first-order chi connectivity index (χ1) is 8.08. The molecule has 1 unspecified atom stereocenters. The molecule has 0 spiro atoms. The number of fused-ring (bicyclic) bond motifs is 3. The van der Waals surface area contributed by atoms with E-state index in [-0.39, 0.29) is 5.92 Å². The zero-order chi connectivity index (χ0) is 12.2. The number of anilines is 1. The molecule has 0 amide bonds. The standard InChI is InChI=1S/C13H14N2O2/c1-15-11-3-2-8(14)6-10(11)9-4-7(13(16)17)5-12(9)15/h2-3,6-7H,4-5,14H2,1H3,(H,16,17). The minimum Gasteiger partial charge on any atom is -0.481 e. The predicted octanol–water partition coefficient (Wildman–Crippen LogP) is 1.56. The second-order valence-corrected chi connectivity index (χ2v) is 4.70. The van der Waals surface area contributed by atoms with E-state index in [4.69, 9.17) is 10.8 Å². The van der Waals surface area contributed by atoms with Gasteiger partial charge in [-0.1, -0.05) is 0 Å². The van der Waals surface area contributed by atoms with Crippen LogP contribution in [0.1, 0.15) is 11.3 Å². The van der Waals surface area contributed by atoms with Crippen LogP contribution in [0.15, 0.2) is 18.2 Å². The lowest BCUT2D eigenvalue weighted by Crippen LogP contribution is -2.14. The summed E-state index contributed by atoms with van der Waals surface area (Å²) >= 11 is 0. The van der Waals surface area contributed by atoms with Gasteiger partial charge in [-0.25, -0.2) is 0 Å². The molecule has 1 aliphatic carbocycles. The molecular formula is C13H14N2O2. The molecule has 0 saturated carbocycles. The van der Waals surface area contributed by atoms with Gasteiger partial charge in [-0.15, -0.1) is 0 Å². The lowest BCUT2D eigenvalue weighted by molar-refractivity contribution is -0.141. The second kappa shape index (κ2) is 3.26. The van der Waals surface area contributed by atoms with Crippen molar-refractivity contribution in [2.45, 2.75) is 12.8 Å². The summed E-state index contributed by atoms with van der Waals surface area (Å²) < 4.78 is 2.09. The van der Waals surface area contributed by atoms with Crippen molar-refractivity contribution in [1.82, 2.24) is 4.57 Å². The van der Waals surface area contributed by atoms with Gasteiger partial charge < -0.3 is 15.4 Å². The molecule has 1 aromatic heterocycles. The van der Waals surface area contributed by atoms with E-state index < -0.39 is 5.97 Å². The summed E-state index contributed by atoms with van der Waals surface area (Å²) in [5.74, 6) is -0.990. The Morgan fingerprint density at radius 1 is 1.47 bits per heavy atom. The van der Waals surface area contributed by atoms with Gasteiger partial charge in [-0.05, 0) is 30.2 Å². The van der Waals surface area contributed by atoms with Crippen molar-refractivity contribution in [2.75, 3.05) is 5.73 Å². The maximum absolute atomic E-state index is 11.0. The number of rotatable bonds is 1. The van der Waals surface area contributed by atoms with E-state index in [2.05, 4.69) is 4.57 Å². The Balaban J connectivity index is 2.21. The number of aryl methyl sites for hydroxylation is 1. The lowest BCUT2D eigenvalue weighted by atomic mass is 10.1. The summed E-state index contributed by atoms with van der Waals surface area (Å²) in [6.45, 7) is 0. The van der Waals surface area contributed by atoms with Gasteiger partial charge >= 0.3 is 5.97 Å². The fourth-order valence-electron chi connectivity index (χ4n) is 2.81. The zero-order valence-electron chi connectivity index (χ0n) is 9.60. The number of hydrogen-bond acceptors (Lipinski definition) is 2. The van der Waals surface area contributed by atoms with Crippen LogP contribution in [0.4, 0.5) is 5.69 Å². The highest BCUT2D eigenvalue weighted by Crippen LogP contribution is 2.35. The largest absolute Gasteiger partial charge is 0.481 e. The number of benzene rings is 1. The van der Waals surface area contributed by atoms with Crippen molar-refractivity contribution >= 4 is 22.6 Å². The molecule has 1 aromatic carbocycles. The van der Waals surface area contributed by atoms with Crippen LogP contribution < -0.4 is 5.73 Å². The predicted molar refractivity (Wildman–Crippen MR) is 65.9 cm³/mol. The quantitative estimate of drug-likeness (QED) is 0.730. The summed E-state index contributed by atoms with van der Waals surface area (Å²) in [5.41, 5.74) is 9.95. The van der Waals surface area contributed by atoms with E-state index in [1.54, 1.807) is 0 Å². The van der Waals surface area contributed by atoms with Crippen LogP contribution in [-0.4, -0.2) is 15.6 Å². The molecular weight excluding hydrogens is 216 g/mol. The molecule has 0 fully saturated rings. The third kappa shape index (κ3) is 1.33. The van der Waals surface area contributed by atoms with E-state index in [1.165, 1.54) is 0 Å². The molecule has 17 heavy (non-hydrogen) atoms. The molecule has 2 aromatic rings. The van der Waals surface area contributed by atoms with Gasteiger partial charge in [0.1, 0.15) is 0 Å². The Bertz CT molecular complexity index is 628. The molecule has 0 radical (unpaired) electrons. The topological polar surface area (TPSA) is 68.2 Å². The Morgan fingerprint density at radius 3 is 2.94 bits per heavy atom. The monoisotopic (exact) mass is 230 g/mol. The minimum atomic E-state index is -0.710. The van der Waals surface area contributed by atoms with Gasteiger partial charge in [-0.2, -0.15) is 0 Å². The molecule has 1 aliphatic rings. The number of carboxylic acid groups (broad SMARTS) is 1. The minimum absolute atomic E-state index is 0.281. The van der Waals surface area contributed by atoms with Crippen molar-refractivity contribution < 1.29 is 9.90 Å². The van der Waals surface area contributed by atoms with Gasteiger partial charge in [0.05, 0.1) is 5.92 Å². The van der Waals surface area contributed by atoms with Crippen LogP contribution >= 0.6 is 0 Å². The van der Waals surface area contributed by atoms with Crippen LogP contribution in [-0.2, 0) is 24.7 Å². The number of carboxylic acids is 1. The van der Waals surface area contributed by atoms with Crippen LogP contribution in [0.3, 0.4) is 0 Å². The average Bonchev–Trinajstić information content (AvgIpc) is 2.80.